The van der Waals surface area contributed by atoms with Crippen molar-refractivity contribution in [1.82, 2.24) is 0 Å². The molecule has 0 aromatic heterocycles. The molecule has 10 rings (SSSR count). The first-order chi connectivity index (χ1) is 53.0. The Bertz CT molecular complexity index is 3670. The molecule has 18 heteroatoms. The quantitative estimate of drug-likeness (QED) is 0.0262. The second-order valence-electron chi connectivity index (χ2n) is 25.5. The van der Waals surface area contributed by atoms with Crippen LogP contribution in [0.25, 0.3) is 0 Å². The molecule has 0 aliphatic carbocycles. The lowest BCUT2D eigenvalue weighted by Crippen LogP contribution is -2.28. The SMILES string of the molecule is CCN(CCOc1cc(COC(=O)c2cc(C(=O)OCc3cc(OCCN(CC)c4ccccc4)cc(OCCN(CC)c4ccccc4)c3)cc(C(=O)OCc3cc(OCCN(CC)c4ccccc4)cc(OCCN(CC)c4ccccc4)c3)c2)cc(OCCN(CC)c2ccccc2)c1)c1ccccc1. The van der Waals surface area contributed by atoms with Crippen LogP contribution in [-0.2, 0) is 34.0 Å². The summed E-state index contributed by atoms with van der Waals surface area (Å²) in [4.78, 5) is 57.5. The third-order valence-corrected chi connectivity index (χ3v) is 18.4. The van der Waals surface area contributed by atoms with Crippen LogP contribution in [0.4, 0.5) is 34.1 Å². The van der Waals surface area contributed by atoms with Gasteiger partial charge in [0.15, 0.2) is 0 Å². The number of hydrogen-bond donors (Lipinski definition) is 0. The van der Waals surface area contributed by atoms with Gasteiger partial charge in [-0.15, -0.1) is 0 Å². The fourth-order valence-electron chi connectivity index (χ4n) is 12.6. The van der Waals surface area contributed by atoms with Crippen molar-refractivity contribution in [2.75, 3.05) is 148 Å². The fraction of sp³-hybridized carbons (Fsp3) is 0.300. The van der Waals surface area contributed by atoms with Gasteiger partial charge in [0, 0.05) is 91.6 Å². The highest BCUT2D eigenvalue weighted by atomic mass is 16.5. The zero-order valence-corrected chi connectivity index (χ0v) is 63.2. The molecule has 0 aliphatic rings. The zero-order chi connectivity index (χ0) is 75.5. The zero-order valence-electron chi connectivity index (χ0n) is 63.2. The van der Waals surface area contributed by atoms with Gasteiger partial charge in [-0.1, -0.05) is 109 Å². The van der Waals surface area contributed by atoms with E-state index in [9.17, 15) is 14.4 Å². The molecule has 10 aromatic rings. The number of carbonyl (C=O) groups is 3. The van der Waals surface area contributed by atoms with Gasteiger partial charge >= 0.3 is 17.9 Å². The van der Waals surface area contributed by atoms with E-state index in [1.54, 1.807) is 0 Å². The lowest BCUT2D eigenvalue weighted by molar-refractivity contribution is 0.0466. The maximum Gasteiger partial charge on any atom is 0.338 e. The number of nitrogens with zero attached hydrogens (tertiary/aromatic N) is 6. The van der Waals surface area contributed by atoms with E-state index in [0.29, 0.717) is 130 Å². The molecule has 0 aliphatic heterocycles. The number of ether oxygens (including phenoxy) is 9. The van der Waals surface area contributed by atoms with Crippen LogP contribution in [0.2, 0.25) is 0 Å². The maximum absolute atomic E-state index is 14.7. The number of benzene rings is 10. The summed E-state index contributed by atoms with van der Waals surface area (Å²) < 4.78 is 57.0. The lowest BCUT2D eigenvalue weighted by Gasteiger charge is -2.24. The van der Waals surface area contributed by atoms with Crippen LogP contribution in [-0.4, -0.2) is 136 Å². The minimum Gasteiger partial charge on any atom is -0.492 e. The van der Waals surface area contributed by atoms with Crippen molar-refractivity contribution in [2.45, 2.75) is 61.4 Å². The van der Waals surface area contributed by atoms with Gasteiger partial charge in [0.2, 0.25) is 0 Å². The van der Waals surface area contributed by atoms with Gasteiger partial charge in [0.05, 0.1) is 56.0 Å². The van der Waals surface area contributed by atoms with Crippen LogP contribution in [0.1, 0.15) is 89.3 Å². The van der Waals surface area contributed by atoms with E-state index in [0.717, 1.165) is 73.4 Å². The summed E-state index contributed by atoms with van der Waals surface area (Å²) in [5.74, 6) is 0.674. The molecule has 0 atom stereocenters. The molecule has 0 unspecified atom stereocenters. The predicted molar refractivity (Wildman–Crippen MR) is 432 cm³/mol. The van der Waals surface area contributed by atoms with E-state index < -0.39 is 17.9 Å². The van der Waals surface area contributed by atoms with Crippen LogP contribution in [0.15, 0.2) is 255 Å². The first kappa shape index (κ1) is 78.8. The normalized spacial score (nSPS) is 10.8. The molecule has 0 heterocycles. The third-order valence-electron chi connectivity index (χ3n) is 18.4. The molecule has 0 amide bonds. The Kier molecular flexibility index (Phi) is 30.9. The van der Waals surface area contributed by atoms with Crippen molar-refractivity contribution in [1.29, 1.82) is 0 Å². The summed E-state index contributed by atoms with van der Waals surface area (Å²) >= 11 is 0. The van der Waals surface area contributed by atoms with Crippen molar-refractivity contribution in [3.63, 3.8) is 0 Å². The van der Waals surface area contributed by atoms with E-state index in [2.05, 4.69) is 144 Å². The Morgan fingerprint density at radius 2 is 0.398 bits per heavy atom. The molecular weight excluding hydrogens is 1360 g/mol. The number of para-hydroxylation sites is 6. The molecule has 0 fully saturated rings. The summed E-state index contributed by atoms with van der Waals surface area (Å²) in [7, 11) is 0. The first-order valence-electron chi connectivity index (χ1n) is 37.6. The van der Waals surface area contributed by atoms with Crippen molar-refractivity contribution in [3.8, 4) is 34.5 Å². The summed E-state index contributed by atoms with van der Waals surface area (Å²) in [6.07, 6.45) is 0. The summed E-state index contributed by atoms with van der Waals surface area (Å²) in [5, 5.41) is 0. The van der Waals surface area contributed by atoms with Gasteiger partial charge in [-0.25, -0.2) is 14.4 Å². The Morgan fingerprint density at radius 1 is 0.231 bits per heavy atom. The fourth-order valence-corrected chi connectivity index (χ4v) is 12.6. The predicted octanol–water partition coefficient (Wildman–Crippen LogP) is 17.2. The Hall–Kier alpha value is -11.8. The Morgan fingerprint density at radius 3 is 0.556 bits per heavy atom. The molecule has 0 saturated heterocycles. The van der Waals surface area contributed by atoms with Crippen molar-refractivity contribution in [3.05, 3.63) is 288 Å². The third kappa shape index (κ3) is 24.4. The molecule has 0 radical (unpaired) electrons. The molecule has 0 bridgehead atoms. The number of anilines is 6. The van der Waals surface area contributed by atoms with Crippen LogP contribution in [0.5, 0.6) is 34.5 Å². The number of esters is 3. The van der Waals surface area contributed by atoms with Crippen LogP contribution >= 0.6 is 0 Å². The van der Waals surface area contributed by atoms with Crippen LogP contribution in [0, 0.1) is 0 Å². The number of hydrogen-bond acceptors (Lipinski definition) is 18. The smallest absolute Gasteiger partial charge is 0.338 e. The van der Waals surface area contributed by atoms with Gasteiger partial charge in [-0.05, 0) is 186 Å². The lowest BCUT2D eigenvalue weighted by atomic mass is 10.1. The molecular formula is C90H102N6O12. The van der Waals surface area contributed by atoms with E-state index in [1.807, 2.05) is 164 Å². The monoisotopic (exact) mass is 1460 g/mol. The van der Waals surface area contributed by atoms with E-state index in [1.165, 1.54) is 18.2 Å². The molecule has 0 saturated carbocycles. The van der Waals surface area contributed by atoms with Gasteiger partial charge in [-0.3, -0.25) is 0 Å². The Labute approximate surface area is 637 Å². The number of likely N-dealkylation sites (N-methyl/N-ethyl adjacent to an activating group) is 6. The van der Waals surface area contributed by atoms with Gasteiger partial charge in [0.1, 0.15) is 94.0 Å². The van der Waals surface area contributed by atoms with Gasteiger partial charge in [0.25, 0.3) is 0 Å². The molecule has 564 valence electrons. The van der Waals surface area contributed by atoms with Crippen LogP contribution < -0.4 is 57.8 Å². The average Bonchev–Trinajstić information content (AvgIpc) is 0.818. The molecule has 0 N–H and O–H groups in total. The second-order valence-corrected chi connectivity index (χ2v) is 25.5. The average molecular weight is 1460 g/mol. The maximum atomic E-state index is 14.7. The number of carbonyl (C=O) groups excluding carboxylic acids is 3. The first-order valence-corrected chi connectivity index (χ1v) is 37.6. The summed E-state index contributed by atoms with van der Waals surface area (Å²) in [6.45, 7) is 22.4. The van der Waals surface area contributed by atoms with E-state index >= 15 is 0 Å². The highest BCUT2D eigenvalue weighted by Crippen LogP contribution is 2.30. The van der Waals surface area contributed by atoms with Gasteiger partial charge < -0.3 is 72.0 Å². The molecule has 108 heavy (non-hydrogen) atoms. The largest absolute Gasteiger partial charge is 0.492 e. The van der Waals surface area contributed by atoms with Crippen LogP contribution in [0.3, 0.4) is 0 Å². The number of rotatable bonds is 45. The molecule has 0 spiro atoms. The van der Waals surface area contributed by atoms with Crippen molar-refractivity contribution in [2.24, 2.45) is 0 Å². The van der Waals surface area contributed by atoms with Crippen molar-refractivity contribution >= 4 is 52.0 Å². The van der Waals surface area contributed by atoms with Crippen molar-refractivity contribution < 1.29 is 57.0 Å². The highest BCUT2D eigenvalue weighted by Gasteiger charge is 2.22. The minimum atomic E-state index is -0.820. The molecule has 10 aromatic carbocycles. The van der Waals surface area contributed by atoms with E-state index in [-0.39, 0.29) is 36.5 Å². The Balaban J connectivity index is 0.910. The molecule has 18 nitrogen and oxygen atoms in total. The van der Waals surface area contributed by atoms with Gasteiger partial charge in [-0.2, -0.15) is 0 Å². The summed E-state index contributed by atoms with van der Waals surface area (Å²) in [6, 6.07) is 81.5. The standard InChI is InChI=1S/C90H102N6O12/c1-7-91(76-31-19-13-20-32-76)43-49-100-82-55-70(56-83(64-82)101-50-44-92(8-2)77-33-21-14-22-34-77)67-106-88(97)73-61-74(89(98)107-68-71-57-84(102-51-45-93(9-3)78-35-23-15-24-36-78)65-85(58-71)103-52-46-94(10-4)79-37-25-16-26-38-79)63-75(62-73)90(99)108-69-72-59-86(104-53-47-95(11-5)80-39-27-17-28-40-80)66-87(60-72)105-54-48-96(12-6)81-41-29-18-30-42-81/h13-42,55-66H,7-12,43-54,67-69H2,1-6H3. The minimum absolute atomic E-state index is 0.0971. The second kappa shape index (κ2) is 42.4. The summed E-state index contributed by atoms with van der Waals surface area (Å²) in [5.41, 5.74) is 7.94. The van der Waals surface area contributed by atoms with E-state index in [4.69, 9.17) is 42.6 Å². The highest BCUT2D eigenvalue weighted by molar-refractivity contribution is 6.00. The topological polar surface area (TPSA) is 154 Å².